The van der Waals surface area contributed by atoms with E-state index in [1.165, 1.54) is 17.8 Å². The number of carbonyl (C=O) groups excluding carboxylic acids is 2. The summed E-state index contributed by atoms with van der Waals surface area (Å²) in [5.74, 6) is -0.830. The number of aromatic nitrogens is 3. The third kappa shape index (κ3) is 5.81. The van der Waals surface area contributed by atoms with Gasteiger partial charge in [-0.05, 0) is 25.5 Å². The Bertz CT molecular complexity index is 1080. The molecule has 1 fully saturated rings. The summed E-state index contributed by atoms with van der Waals surface area (Å²) < 4.78 is 55.1. The molecule has 3 heterocycles. The number of amides is 1. The summed E-state index contributed by atoms with van der Waals surface area (Å²) in [5.41, 5.74) is -0.709. The predicted molar refractivity (Wildman–Crippen MR) is 112 cm³/mol. The summed E-state index contributed by atoms with van der Waals surface area (Å²) in [4.78, 5) is 33.9. The summed E-state index contributed by atoms with van der Waals surface area (Å²) in [6, 6.07) is 0.874. The highest BCUT2D eigenvalue weighted by atomic mass is 19.4. The van der Waals surface area contributed by atoms with Gasteiger partial charge in [-0.3, -0.25) is 5.32 Å². The van der Waals surface area contributed by atoms with Crippen molar-refractivity contribution in [3.05, 3.63) is 35.3 Å². The number of nitrogens with one attached hydrogen (secondary N) is 1. The molecule has 0 radical (unpaired) electrons. The maximum Gasteiger partial charge on any atom is 0.433 e. The normalized spacial score (nSPS) is 14.6. The van der Waals surface area contributed by atoms with Gasteiger partial charge >= 0.3 is 18.2 Å². The SMILES string of the molecule is CCOC(=O)NC(=Nc1nn(-c2cnc(C(F)(F)F)cc2C)cc1C(=O)OC)N1CCOCC1. The van der Waals surface area contributed by atoms with Crippen LogP contribution in [0.2, 0.25) is 0 Å². The van der Waals surface area contributed by atoms with Gasteiger partial charge in [-0.1, -0.05) is 0 Å². The van der Waals surface area contributed by atoms with Crippen LogP contribution in [0.15, 0.2) is 23.5 Å². The number of aryl methyl sites for hydroxylation is 1. The second-order valence-corrected chi connectivity index (χ2v) is 7.04. The number of halogens is 3. The maximum atomic E-state index is 13.0. The first-order chi connectivity index (χ1) is 16.1. The van der Waals surface area contributed by atoms with Crippen LogP contribution < -0.4 is 5.32 Å². The van der Waals surface area contributed by atoms with Gasteiger partial charge in [0, 0.05) is 19.3 Å². The van der Waals surface area contributed by atoms with Crippen LogP contribution >= 0.6 is 0 Å². The van der Waals surface area contributed by atoms with Gasteiger partial charge in [0.2, 0.25) is 5.96 Å². The smallest absolute Gasteiger partial charge is 0.433 e. The Balaban J connectivity index is 2.06. The van der Waals surface area contributed by atoms with Gasteiger partial charge in [0.05, 0.1) is 38.8 Å². The minimum absolute atomic E-state index is 0.0689. The summed E-state index contributed by atoms with van der Waals surface area (Å²) in [6.07, 6.45) is -3.09. The highest BCUT2D eigenvalue weighted by Crippen LogP contribution is 2.30. The molecule has 1 N–H and O–H groups in total. The van der Waals surface area contributed by atoms with Crippen LogP contribution in [0.3, 0.4) is 0 Å². The van der Waals surface area contributed by atoms with Crippen molar-refractivity contribution in [2.24, 2.45) is 4.99 Å². The quantitative estimate of drug-likeness (QED) is 0.399. The lowest BCUT2D eigenvalue weighted by molar-refractivity contribution is -0.141. The molecule has 0 aromatic carbocycles. The molecule has 1 aliphatic heterocycles. The Morgan fingerprint density at radius 2 is 2.00 bits per heavy atom. The first-order valence-electron chi connectivity index (χ1n) is 10.2. The third-order valence-electron chi connectivity index (χ3n) is 4.73. The first kappa shape index (κ1) is 25.0. The molecule has 3 rings (SSSR count). The van der Waals surface area contributed by atoms with Crippen molar-refractivity contribution in [2.75, 3.05) is 40.0 Å². The van der Waals surface area contributed by atoms with Crippen LogP contribution in [-0.2, 0) is 20.4 Å². The van der Waals surface area contributed by atoms with Gasteiger partial charge < -0.3 is 19.1 Å². The largest absolute Gasteiger partial charge is 0.465 e. The summed E-state index contributed by atoms with van der Waals surface area (Å²) in [7, 11) is 1.16. The molecule has 1 saturated heterocycles. The molecular weight excluding hydrogens is 461 g/mol. The molecule has 34 heavy (non-hydrogen) atoms. The number of carbonyl (C=O) groups is 2. The van der Waals surface area contributed by atoms with E-state index in [0.29, 0.717) is 26.3 Å². The number of hydrogen-bond acceptors (Lipinski definition) is 8. The van der Waals surface area contributed by atoms with E-state index < -0.39 is 23.9 Å². The van der Waals surface area contributed by atoms with E-state index in [1.54, 1.807) is 11.8 Å². The zero-order chi connectivity index (χ0) is 24.9. The molecule has 1 amide bonds. The van der Waals surface area contributed by atoms with E-state index in [4.69, 9.17) is 14.2 Å². The van der Waals surface area contributed by atoms with Crippen molar-refractivity contribution in [3.8, 4) is 5.69 Å². The van der Waals surface area contributed by atoms with Gasteiger partial charge in [-0.15, -0.1) is 5.10 Å². The van der Waals surface area contributed by atoms with E-state index in [1.807, 2.05) is 0 Å². The van der Waals surface area contributed by atoms with Crippen LogP contribution in [0, 0.1) is 6.92 Å². The Morgan fingerprint density at radius 3 is 2.59 bits per heavy atom. The number of guanidine groups is 1. The standard InChI is InChI=1S/C20H23F3N6O5/c1-4-34-19(31)26-18(28-5-7-33-8-6-28)25-16-13(17(30)32-3)11-29(27-16)14-10-24-15(9-12(14)2)20(21,22)23/h9-11H,4-8H2,1-3H3,(H,25,26,27,31). The molecule has 2 aromatic heterocycles. The number of alkyl carbamates (subject to hydrolysis) is 1. The molecule has 14 heteroatoms. The monoisotopic (exact) mass is 484 g/mol. The van der Waals surface area contributed by atoms with Crippen molar-refractivity contribution in [3.63, 3.8) is 0 Å². The van der Waals surface area contributed by atoms with Crippen LogP contribution in [0.25, 0.3) is 5.69 Å². The predicted octanol–water partition coefficient (Wildman–Crippen LogP) is 2.45. The van der Waals surface area contributed by atoms with Crippen molar-refractivity contribution < 1.29 is 37.0 Å². The van der Waals surface area contributed by atoms with E-state index in [2.05, 4.69) is 20.4 Å². The lowest BCUT2D eigenvalue weighted by atomic mass is 10.2. The van der Waals surface area contributed by atoms with Gasteiger partial charge in [0.1, 0.15) is 11.3 Å². The molecule has 2 aromatic rings. The number of esters is 1. The molecule has 0 aliphatic carbocycles. The van der Waals surface area contributed by atoms with E-state index >= 15 is 0 Å². The topological polar surface area (TPSA) is 120 Å². The van der Waals surface area contributed by atoms with Gasteiger partial charge in [0.15, 0.2) is 5.82 Å². The lowest BCUT2D eigenvalue weighted by Crippen LogP contribution is -2.49. The third-order valence-corrected chi connectivity index (χ3v) is 4.73. The lowest BCUT2D eigenvalue weighted by Gasteiger charge is -2.29. The highest BCUT2D eigenvalue weighted by molar-refractivity contribution is 5.98. The fourth-order valence-corrected chi connectivity index (χ4v) is 3.08. The molecule has 0 bridgehead atoms. The maximum absolute atomic E-state index is 13.0. The Hall–Kier alpha value is -3.68. The molecule has 1 aliphatic rings. The van der Waals surface area contributed by atoms with Crippen molar-refractivity contribution in [2.45, 2.75) is 20.0 Å². The number of rotatable bonds is 4. The van der Waals surface area contributed by atoms with Gasteiger partial charge in [-0.2, -0.15) is 18.2 Å². The van der Waals surface area contributed by atoms with Crippen LogP contribution in [0.4, 0.5) is 23.8 Å². The van der Waals surface area contributed by atoms with Gasteiger partial charge in [0.25, 0.3) is 0 Å². The molecule has 0 unspecified atom stereocenters. The second kappa shape index (κ2) is 10.5. The molecular formula is C20H23F3N6O5. The summed E-state index contributed by atoms with van der Waals surface area (Å²) in [6.45, 7) is 4.81. The van der Waals surface area contributed by atoms with Crippen LogP contribution in [0.5, 0.6) is 0 Å². The van der Waals surface area contributed by atoms with E-state index in [0.717, 1.165) is 19.4 Å². The number of methoxy groups -OCH3 is 1. The zero-order valence-corrected chi connectivity index (χ0v) is 18.7. The molecule has 0 saturated carbocycles. The number of morpholine rings is 1. The number of pyridine rings is 1. The van der Waals surface area contributed by atoms with Crippen LogP contribution in [-0.4, -0.2) is 77.7 Å². The van der Waals surface area contributed by atoms with E-state index in [9.17, 15) is 22.8 Å². The molecule has 0 spiro atoms. The van der Waals surface area contributed by atoms with Crippen molar-refractivity contribution in [1.29, 1.82) is 0 Å². The second-order valence-electron chi connectivity index (χ2n) is 7.04. The average Bonchev–Trinajstić information content (AvgIpc) is 3.21. The number of aliphatic imine (C=N–C) groups is 1. The van der Waals surface area contributed by atoms with Crippen molar-refractivity contribution >= 4 is 23.8 Å². The summed E-state index contributed by atoms with van der Waals surface area (Å²) >= 11 is 0. The number of hydrogen-bond donors (Lipinski definition) is 1. The Kier molecular flexibility index (Phi) is 7.71. The fraction of sp³-hybridized carbons (Fsp3) is 0.450. The zero-order valence-electron chi connectivity index (χ0n) is 18.7. The number of ether oxygens (including phenoxy) is 3. The fourth-order valence-electron chi connectivity index (χ4n) is 3.08. The van der Waals surface area contributed by atoms with E-state index in [-0.39, 0.29) is 35.2 Å². The Labute approximate surface area is 192 Å². The first-order valence-corrected chi connectivity index (χ1v) is 10.2. The van der Waals surface area contributed by atoms with Crippen LogP contribution in [0.1, 0.15) is 28.5 Å². The molecule has 0 atom stereocenters. The summed E-state index contributed by atoms with van der Waals surface area (Å²) in [5, 5.41) is 6.77. The highest BCUT2D eigenvalue weighted by Gasteiger charge is 2.33. The molecule has 184 valence electrons. The minimum Gasteiger partial charge on any atom is -0.465 e. The van der Waals surface area contributed by atoms with Crippen molar-refractivity contribution in [1.82, 2.24) is 25.0 Å². The average molecular weight is 484 g/mol. The number of nitrogens with zero attached hydrogens (tertiary/aromatic N) is 5. The van der Waals surface area contributed by atoms with Gasteiger partial charge in [-0.25, -0.2) is 19.3 Å². The Morgan fingerprint density at radius 1 is 1.29 bits per heavy atom. The molecule has 11 nitrogen and oxygen atoms in total. The minimum atomic E-state index is -4.61. The number of alkyl halides is 3.